The minimum atomic E-state index is -4.42. The lowest BCUT2D eigenvalue weighted by atomic mass is 10.0. The molecule has 1 fully saturated rings. The second-order valence-corrected chi connectivity index (χ2v) is 5.88. The molecule has 0 aromatic carbocycles. The molecule has 1 unspecified atom stereocenters. The van der Waals surface area contributed by atoms with Gasteiger partial charge in [0.25, 0.3) is 0 Å². The molecule has 8 heteroatoms. The number of likely N-dealkylation sites (tertiary alicyclic amines) is 1. The summed E-state index contributed by atoms with van der Waals surface area (Å²) >= 11 is 0. The van der Waals surface area contributed by atoms with Gasteiger partial charge < -0.3 is 10.0 Å². The highest BCUT2D eigenvalue weighted by Gasteiger charge is 2.35. The third-order valence-electron chi connectivity index (χ3n) is 4.07. The van der Waals surface area contributed by atoms with Gasteiger partial charge in [0.15, 0.2) is 5.69 Å². The number of nitrogens with zero attached hydrogens (tertiary/aromatic N) is 3. The molecule has 124 valence electrons. The second kappa shape index (κ2) is 6.28. The van der Waals surface area contributed by atoms with Gasteiger partial charge in [0.1, 0.15) is 0 Å². The molecule has 0 radical (unpaired) electrons. The van der Waals surface area contributed by atoms with E-state index in [1.807, 2.05) is 4.90 Å². The van der Waals surface area contributed by atoms with Crippen LogP contribution in [-0.2, 0) is 11.0 Å². The number of halogens is 3. The van der Waals surface area contributed by atoms with Crippen molar-refractivity contribution in [1.29, 1.82) is 0 Å². The Balaban J connectivity index is 1.97. The van der Waals surface area contributed by atoms with Crippen molar-refractivity contribution < 1.29 is 23.1 Å². The number of piperidine rings is 1. The molecule has 0 saturated carbocycles. The Morgan fingerprint density at radius 1 is 1.45 bits per heavy atom. The summed E-state index contributed by atoms with van der Waals surface area (Å²) in [6.07, 6.45) is -3.08. The van der Waals surface area contributed by atoms with E-state index in [2.05, 4.69) is 5.10 Å². The lowest BCUT2D eigenvalue weighted by Crippen LogP contribution is -2.39. The Morgan fingerprint density at radius 2 is 2.05 bits per heavy atom. The molecule has 1 aliphatic heterocycles. The van der Waals surface area contributed by atoms with E-state index in [0.29, 0.717) is 38.2 Å². The zero-order valence-electron chi connectivity index (χ0n) is 12.6. The van der Waals surface area contributed by atoms with Crippen molar-refractivity contribution in [1.82, 2.24) is 14.7 Å². The van der Waals surface area contributed by atoms with Crippen LogP contribution >= 0.6 is 0 Å². The van der Waals surface area contributed by atoms with Gasteiger partial charge in [0.05, 0.1) is 12.0 Å². The normalized spacial score (nSPS) is 19.3. The number of alkyl halides is 3. The number of carboxylic acids is 1. The van der Waals surface area contributed by atoms with Gasteiger partial charge in [0.2, 0.25) is 0 Å². The maximum Gasteiger partial charge on any atom is 0.435 e. The highest BCUT2D eigenvalue weighted by Crippen LogP contribution is 2.31. The van der Waals surface area contributed by atoms with Crippen LogP contribution in [0, 0.1) is 12.8 Å². The van der Waals surface area contributed by atoms with Crippen molar-refractivity contribution in [2.45, 2.75) is 38.9 Å². The topological polar surface area (TPSA) is 58.4 Å². The smallest absolute Gasteiger partial charge is 0.435 e. The first kappa shape index (κ1) is 16.8. The number of carbonyl (C=O) groups is 1. The van der Waals surface area contributed by atoms with Crippen LogP contribution in [0.3, 0.4) is 0 Å². The summed E-state index contributed by atoms with van der Waals surface area (Å²) in [5, 5.41) is 12.6. The number of aromatic nitrogens is 2. The van der Waals surface area contributed by atoms with Crippen molar-refractivity contribution in [3.8, 4) is 0 Å². The monoisotopic (exact) mass is 319 g/mol. The van der Waals surface area contributed by atoms with E-state index in [9.17, 15) is 18.0 Å². The molecule has 0 bridgehead atoms. The number of aryl methyl sites for hydroxylation is 1. The van der Waals surface area contributed by atoms with Crippen LogP contribution < -0.4 is 0 Å². The zero-order valence-corrected chi connectivity index (χ0v) is 12.6. The summed E-state index contributed by atoms with van der Waals surface area (Å²) in [4.78, 5) is 12.9. The third kappa shape index (κ3) is 3.79. The molecule has 0 aliphatic carbocycles. The summed E-state index contributed by atoms with van der Waals surface area (Å²) < 4.78 is 39.5. The van der Waals surface area contributed by atoms with Crippen molar-refractivity contribution in [2.24, 2.45) is 5.92 Å². The Morgan fingerprint density at radius 3 is 2.50 bits per heavy atom. The summed E-state index contributed by atoms with van der Waals surface area (Å²) in [6, 6.07) is 1.01. The molecule has 2 heterocycles. The van der Waals surface area contributed by atoms with Gasteiger partial charge in [-0.1, -0.05) is 6.92 Å². The maximum atomic E-state index is 12.7. The molecular formula is C14H20F3N3O2. The van der Waals surface area contributed by atoms with Crippen LogP contribution in [0.4, 0.5) is 13.2 Å². The summed E-state index contributed by atoms with van der Waals surface area (Å²) in [6.45, 7) is 5.09. The van der Waals surface area contributed by atoms with E-state index in [-0.39, 0.29) is 6.04 Å². The zero-order chi connectivity index (χ0) is 16.5. The Labute approximate surface area is 126 Å². The maximum absolute atomic E-state index is 12.7. The first-order valence-electron chi connectivity index (χ1n) is 7.27. The van der Waals surface area contributed by atoms with Crippen molar-refractivity contribution in [2.75, 3.05) is 19.6 Å². The molecule has 1 aromatic rings. The van der Waals surface area contributed by atoms with Crippen LogP contribution in [-0.4, -0.2) is 45.4 Å². The fraction of sp³-hybridized carbons (Fsp3) is 0.714. The fourth-order valence-corrected chi connectivity index (χ4v) is 2.81. The number of carboxylic acid groups (broad SMARTS) is 1. The first-order valence-corrected chi connectivity index (χ1v) is 7.27. The van der Waals surface area contributed by atoms with Crippen LogP contribution in [0.25, 0.3) is 0 Å². The van der Waals surface area contributed by atoms with E-state index < -0.39 is 23.8 Å². The molecule has 1 saturated heterocycles. The van der Waals surface area contributed by atoms with Crippen LogP contribution in [0.2, 0.25) is 0 Å². The molecule has 22 heavy (non-hydrogen) atoms. The van der Waals surface area contributed by atoms with E-state index in [1.54, 1.807) is 13.8 Å². The van der Waals surface area contributed by atoms with Gasteiger partial charge in [0, 0.05) is 25.3 Å². The average molecular weight is 319 g/mol. The molecule has 1 atom stereocenters. The van der Waals surface area contributed by atoms with Crippen LogP contribution in [0.15, 0.2) is 6.07 Å². The summed E-state index contributed by atoms with van der Waals surface area (Å²) in [5.41, 5.74) is -0.350. The van der Waals surface area contributed by atoms with E-state index >= 15 is 0 Å². The van der Waals surface area contributed by atoms with Gasteiger partial charge in [-0.25, -0.2) is 0 Å². The number of aliphatic carboxylic acids is 1. The second-order valence-electron chi connectivity index (χ2n) is 5.88. The SMILES string of the molecule is Cc1cc(C(F)(F)F)nn1C1CCN(CC(C)C(=O)O)CC1. The minimum Gasteiger partial charge on any atom is -0.481 e. The number of hydrogen-bond acceptors (Lipinski definition) is 3. The number of rotatable bonds is 4. The highest BCUT2D eigenvalue weighted by atomic mass is 19.4. The quantitative estimate of drug-likeness (QED) is 0.927. The molecular weight excluding hydrogens is 299 g/mol. The van der Waals surface area contributed by atoms with Gasteiger partial charge in [-0.3, -0.25) is 9.48 Å². The highest BCUT2D eigenvalue weighted by molar-refractivity contribution is 5.69. The van der Waals surface area contributed by atoms with Crippen molar-refractivity contribution >= 4 is 5.97 Å². The average Bonchev–Trinajstić information content (AvgIpc) is 2.81. The van der Waals surface area contributed by atoms with Gasteiger partial charge in [-0.15, -0.1) is 0 Å². The van der Waals surface area contributed by atoms with E-state index in [1.165, 1.54) is 4.68 Å². The predicted octanol–water partition coefficient (Wildman–Crippen LogP) is 2.57. The Hall–Kier alpha value is -1.57. The van der Waals surface area contributed by atoms with Gasteiger partial charge in [-0.2, -0.15) is 18.3 Å². The third-order valence-corrected chi connectivity index (χ3v) is 4.07. The summed E-state index contributed by atoms with van der Waals surface area (Å²) in [5.74, 6) is -1.28. The Bertz CT molecular complexity index is 534. The van der Waals surface area contributed by atoms with E-state index in [0.717, 1.165) is 6.07 Å². The minimum absolute atomic E-state index is 0.0625. The molecule has 0 amide bonds. The lowest BCUT2D eigenvalue weighted by Gasteiger charge is -2.33. The molecule has 1 N–H and O–H groups in total. The first-order chi connectivity index (χ1) is 10.2. The fourth-order valence-electron chi connectivity index (χ4n) is 2.81. The molecule has 1 aromatic heterocycles. The molecule has 2 rings (SSSR count). The van der Waals surface area contributed by atoms with E-state index in [4.69, 9.17) is 5.11 Å². The Kier molecular flexibility index (Phi) is 4.79. The standard InChI is InChI=1S/C14H20F3N3O2/c1-9(13(21)22)8-19-5-3-11(4-6-19)20-10(2)7-12(18-20)14(15,16)17/h7,9,11H,3-6,8H2,1-2H3,(H,21,22). The molecule has 5 nitrogen and oxygen atoms in total. The lowest BCUT2D eigenvalue weighted by molar-refractivity contribution is -0.142. The number of hydrogen-bond donors (Lipinski definition) is 1. The van der Waals surface area contributed by atoms with Crippen LogP contribution in [0.5, 0.6) is 0 Å². The van der Waals surface area contributed by atoms with Crippen LogP contribution in [0.1, 0.15) is 37.2 Å². The van der Waals surface area contributed by atoms with Gasteiger partial charge in [-0.05, 0) is 25.8 Å². The molecule has 1 aliphatic rings. The molecule has 0 spiro atoms. The van der Waals surface area contributed by atoms with Crippen molar-refractivity contribution in [3.05, 3.63) is 17.5 Å². The predicted molar refractivity (Wildman–Crippen MR) is 73.5 cm³/mol. The largest absolute Gasteiger partial charge is 0.481 e. The summed E-state index contributed by atoms with van der Waals surface area (Å²) in [7, 11) is 0. The van der Waals surface area contributed by atoms with Gasteiger partial charge >= 0.3 is 12.1 Å². The van der Waals surface area contributed by atoms with Crippen molar-refractivity contribution in [3.63, 3.8) is 0 Å².